The minimum absolute atomic E-state index is 0.379. The highest BCUT2D eigenvalue weighted by molar-refractivity contribution is 5.81. The van der Waals surface area contributed by atoms with Gasteiger partial charge in [0.15, 0.2) is 6.10 Å². The maximum atomic E-state index is 11.9. The molecule has 0 aliphatic rings. The van der Waals surface area contributed by atoms with Crippen molar-refractivity contribution in [3.8, 4) is 0 Å². The molecule has 2 aromatic rings. The smallest absolute Gasteiger partial charge is 0.253 e. The Bertz CT molecular complexity index is 593. The van der Waals surface area contributed by atoms with Gasteiger partial charge in [0.1, 0.15) is 0 Å². The van der Waals surface area contributed by atoms with Gasteiger partial charge in [0.2, 0.25) is 0 Å². The van der Waals surface area contributed by atoms with Gasteiger partial charge in [0.25, 0.3) is 5.91 Å². The van der Waals surface area contributed by atoms with Crippen molar-refractivity contribution < 1.29 is 9.90 Å². The van der Waals surface area contributed by atoms with Gasteiger partial charge in [-0.2, -0.15) is 0 Å². The molecule has 0 aromatic heterocycles. The lowest BCUT2D eigenvalue weighted by atomic mass is 10.1. The molecule has 0 radical (unpaired) electrons. The van der Waals surface area contributed by atoms with Crippen LogP contribution in [0.25, 0.3) is 0 Å². The Labute approximate surface area is 119 Å². The molecule has 20 heavy (non-hydrogen) atoms. The van der Waals surface area contributed by atoms with Gasteiger partial charge in [-0.25, -0.2) is 0 Å². The van der Waals surface area contributed by atoms with Crippen LogP contribution in [0.3, 0.4) is 0 Å². The van der Waals surface area contributed by atoms with Crippen molar-refractivity contribution in [3.63, 3.8) is 0 Å². The van der Waals surface area contributed by atoms with Gasteiger partial charge in [-0.3, -0.25) is 4.79 Å². The number of benzene rings is 2. The quantitative estimate of drug-likeness (QED) is 0.896. The summed E-state index contributed by atoms with van der Waals surface area (Å²) in [6.07, 6.45) is -1.12. The molecule has 0 heterocycles. The van der Waals surface area contributed by atoms with E-state index in [1.165, 1.54) is 5.56 Å². The number of aliphatic hydroxyl groups is 1. The van der Waals surface area contributed by atoms with Crippen LogP contribution < -0.4 is 5.32 Å². The van der Waals surface area contributed by atoms with E-state index in [0.717, 1.165) is 11.1 Å². The van der Waals surface area contributed by atoms with Gasteiger partial charge in [0.05, 0.1) is 0 Å². The highest BCUT2D eigenvalue weighted by Crippen LogP contribution is 2.13. The summed E-state index contributed by atoms with van der Waals surface area (Å²) in [4.78, 5) is 11.9. The number of hydrogen-bond acceptors (Lipinski definition) is 2. The molecular formula is C17H19NO2. The number of carbonyl (C=O) groups is 1. The van der Waals surface area contributed by atoms with Crippen molar-refractivity contribution in [3.05, 3.63) is 70.8 Å². The highest BCUT2D eigenvalue weighted by Gasteiger charge is 2.16. The van der Waals surface area contributed by atoms with Crippen molar-refractivity contribution in [2.24, 2.45) is 0 Å². The van der Waals surface area contributed by atoms with Crippen LogP contribution in [0.4, 0.5) is 0 Å². The fourth-order valence-electron chi connectivity index (χ4n) is 2.11. The predicted molar refractivity (Wildman–Crippen MR) is 79.2 cm³/mol. The van der Waals surface area contributed by atoms with Gasteiger partial charge in [-0.05, 0) is 30.5 Å². The molecule has 0 saturated heterocycles. The van der Waals surface area contributed by atoms with Gasteiger partial charge in [-0.1, -0.05) is 54.1 Å². The van der Waals surface area contributed by atoms with Gasteiger partial charge in [-0.15, -0.1) is 0 Å². The molecule has 0 aliphatic heterocycles. The molecule has 3 nitrogen and oxygen atoms in total. The van der Waals surface area contributed by atoms with E-state index in [0.29, 0.717) is 12.1 Å². The average molecular weight is 269 g/mol. The first-order valence-corrected chi connectivity index (χ1v) is 6.65. The minimum Gasteiger partial charge on any atom is -0.378 e. The second kappa shape index (κ2) is 6.35. The van der Waals surface area contributed by atoms with E-state index in [4.69, 9.17) is 0 Å². The molecule has 2 rings (SSSR count). The maximum Gasteiger partial charge on any atom is 0.253 e. The SMILES string of the molecule is Cc1ccc(CNC(=O)C(O)c2ccccc2)c(C)c1. The van der Waals surface area contributed by atoms with E-state index in [2.05, 4.69) is 11.4 Å². The molecule has 0 fully saturated rings. The number of carbonyl (C=O) groups excluding carboxylic acids is 1. The normalized spacial score (nSPS) is 11.9. The molecule has 1 amide bonds. The molecule has 0 spiro atoms. The summed E-state index contributed by atoms with van der Waals surface area (Å²) < 4.78 is 0. The highest BCUT2D eigenvalue weighted by atomic mass is 16.3. The Morgan fingerprint density at radius 2 is 1.85 bits per heavy atom. The molecule has 3 heteroatoms. The van der Waals surface area contributed by atoms with Crippen LogP contribution in [0.1, 0.15) is 28.4 Å². The Morgan fingerprint density at radius 1 is 1.15 bits per heavy atom. The van der Waals surface area contributed by atoms with E-state index in [9.17, 15) is 9.90 Å². The van der Waals surface area contributed by atoms with Crippen molar-refractivity contribution in [1.82, 2.24) is 5.32 Å². The van der Waals surface area contributed by atoms with Gasteiger partial charge in [0, 0.05) is 6.54 Å². The number of aryl methyl sites for hydroxylation is 2. The molecule has 104 valence electrons. The Balaban J connectivity index is 1.98. The Kier molecular flexibility index (Phi) is 4.53. The summed E-state index contributed by atoms with van der Waals surface area (Å²) in [6.45, 7) is 4.48. The van der Waals surface area contributed by atoms with Crippen LogP contribution in [0.15, 0.2) is 48.5 Å². The van der Waals surface area contributed by atoms with E-state index in [1.807, 2.05) is 32.0 Å². The third kappa shape index (κ3) is 3.45. The summed E-state index contributed by atoms with van der Waals surface area (Å²) in [6, 6.07) is 15.0. The molecular weight excluding hydrogens is 250 g/mol. The third-order valence-electron chi connectivity index (χ3n) is 3.31. The number of aliphatic hydroxyl groups excluding tert-OH is 1. The Morgan fingerprint density at radius 3 is 2.50 bits per heavy atom. The topological polar surface area (TPSA) is 49.3 Å². The molecule has 0 saturated carbocycles. The number of rotatable bonds is 4. The van der Waals surface area contributed by atoms with Crippen molar-refractivity contribution in [2.45, 2.75) is 26.5 Å². The van der Waals surface area contributed by atoms with Gasteiger partial charge >= 0.3 is 0 Å². The van der Waals surface area contributed by atoms with Crippen LogP contribution in [-0.2, 0) is 11.3 Å². The molecule has 2 N–H and O–H groups in total. The largest absolute Gasteiger partial charge is 0.378 e. The molecule has 0 bridgehead atoms. The zero-order valence-electron chi connectivity index (χ0n) is 11.8. The van der Waals surface area contributed by atoms with Crippen molar-refractivity contribution in [1.29, 1.82) is 0 Å². The zero-order valence-corrected chi connectivity index (χ0v) is 11.8. The van der Waals surface area contributed by atoms with Crippen LogP contribution in [-0.4, -0.2) is 11.0 Å². The summed E-state index contributed by atoms with van der Waals surface area (Å²) in [7, 11) is 0. The van der Waals surface area contributed by atoms with E-state index in [-0.39, 0.29) is 5.91 Å². The zero-order chi connectivity index (χ0) is 14.5. The summed E-state index contributed by atoms with van der Waals surface area (Å²) >= 11 is 0. The van der Waals surface area contributed by atoms with Crippen LogP contribution in [0.5, 0.6) is 0 Å². The number of hydrogen-bond donors (Lipinski definition) is 2. The van der Waals surface area contributed by atoms with Crippen molar-refractivity contribution in [2.75, 3.05) is 0 Å². The van der Waals surface area contributed by atoms with Crippen LogP contribution in [0, 0.1) is 13.8 Å². The lowest BCUT2D eigenvalue weighted by Gasteiger charge is -2.13. The third-order valence-corrected chi connectivity index (χ3v) is 3.31. The van der Waals surface area contributed by atoms with Crippen LogP contribution in [0.2, 0.25) is 0 Å². The number of nitrogens with one attached hydrogen (secondary N) is 1. The molecule has 1 atom stereocenters. The Hall–Kier alpha value is -2.13. The molecule has 0 aliphatic carbocycles. The first kappa shape index (κ1) is 14.3. The first-order valence-electron chi connectivity index (χ1n) is 6.65. The lowest BCUT2D eigenvalue weighted by molar-refractivity contribution is -0.129. The minimum atomic E-state index is -1.12. The molecule has 2 aromatic carbocycles. The lowest BCUT2D eigenvalue weighted by Crippen LogP contribution is -2.29. The molecule has 1 unspecified atom stereocenters. The predicted octanol–water partition coefficient (Wildman–Crippen LogP) is 2.65. The maximum absolute atomic E-state index is 11.9. The second-order valence-corrected chi connectivity index (χ2v) is 4.96. The average Bonchev–Trinajstić information content (AvgIpc) is 2.46. The second-order valence-electron chi connectivity index (χ2n) is 4.96. The monoisotopic (exact) mass is 269 g/mol. The van der Waals surface area contributed by atoms with E-state index >= 15 is 0 Å². The van der Waals surface area contributed by atoms with E-state index < -0.39 is 6.10 Å². The fourth-order valence-corrected chi connectivity index (χ4v) is 2.11. The first-order chi connectivity index (χ1) is 9.58. The number of amides is 1. The summed E-state index contributed by atoms with van der Waals surface area (Å²) in [5.74, 6) is -0.379. The summed E-state index contributed by atoms with van der Waals surface area (Å²) in [5.41, 5.74) is 4.00. The van der Waals surface area contributed by atoms with E-state index in [1.54, 1.807) is 24.3 Å². The van der Waals surface area contributed by atoms with Gasteiger partial charge < -0.3 is 10.4 Å². The van der Waals surface area contributed by atoms with Crippen molar-refractivity contribution >= 4 is 5.91 Å². The fraction of sp³-hybridized carbons (Fsp3) is 0.235. The summed E-state index contributed by atoms with van der Waals surface area (Å²) in [5, 5.41) is 12.7. The van der Waals surface area contributed by atoms with Crippen LogP contribution >= 0.6 is 0 Å². The standard InChI is InChI=1S/C17H19NO2/c1-12-8-9-15(13(2)10-12)11-18-17(20)16(19)14-6-4-3-5-7-14/h3-10,16,19H,11H2,1-2H3,(H,18,20).